The Labute approximate surface area is 257 Å². The van der Waals surface area contributed by atoms with E-state index in [0.717, 1.165) is 11.1 Å². The van der Waals surface area contributed by atoms with Gasteiger partial charge in [0.05, 0.1) is 51.1 Å². The molecule has 0 bridgehead atoms. The number of amides is 3. The van der Waals surface area contributed by atoms with E-state index >= 15 is 0 Å². The van der Waals surface area contributed by atoms with E-state index in [9.17, 15) is 19.2 Å². The fraction of sp³-hybridized carbons (Fsp3) is 0.469. The summed E-state index contributed by atoms with van der Waals surface area (Å²) in [5.41, 5.74) is 0.979. The number of Topliss-reactive ketones (excluding diaryl/α,β-unsaturated/α-hetero) is 1. The Hall–Kier alpha value is -4.31. The second-order valence-electron chi connectivity index (χ2n) is 11.2. The van der Waals surface area contributed by atoms with Crippen molar-refractivity contribution in [3.8, 4) is 11.8 Å². The minimum atomic E-state index is -1.06. The fourth-order valence-electron chi connectivity index (χ4n) is 4.87. The molecular weight excluding hydrogens is 566 g/mol. The molecule has 0 radical (unpaired) electrons. The number of hydrogen-bond donors (Lipinski definition) is 3. The van der Waals surface area contributed by atoms with E-state index in [2.05, 4.69) is 22.0 Å². The van der Waals surface area contributed by atoms with E-state index in [1.54, 1.807) is 69.5 Å². The predicted octanol–water partition coefficient (Wildman–Crippen LogP) is 0.517. The zero-order valence-electron chi connectivity index (χ0n) is 25.3. The number of nitrogens with zero attached hydrogens (tertiary/aromatic N) is 2. The predicted molar refractivity (Wildman–Crippen MR) is 160 cm³/mol. The van der Waals surface area contributed by atoms with E-state index in [4.69, 9.17) is 19.5 Å². The van der Waals surface area contributed by atoms with Gasteiger partial charge < -0.3 is 30.2 Å². The fourth-order valence-corrected chi connectivity index (χ4v) is 4.87. The third-order valence-corrected chi connectivity index (χ3v) is 7.73. The van der Waals surface area contributed by atoms with Crippen molar-refractivity contribution in [1.82, 2.24) is 20.9 Å². The second-order valence-corrected chi connectivity index (χ2v) is 11.2. The lowest BCUT2D eigenvalue weighted by molar-refractivity contribution is -0.134. The summed E-state index contributed by atoms with van der Waals surface area (Å²) in [6.45, 7) is 5.96. The van der Waals surface area contributed by atoms with Crippen LogP contribution >= 0.6 is 0 Å². The number of epoxide rings is 1. The molecule has 12 heteroatoms. The maximum absolute atomic E-state index is 13.8. The summed E-state index contributed by atoms with van der Waals surface area (Å²) in [7, 11) is 1.55. The van der Waals surface area contributed by atoms with Crippen molar-refractivity contribution < 1.29 is 33.4 Å². The lowest BCUT2D eigenvalue weighted by Gasteiger charge is -2.27. The summed E-state index contributed by atoms with van der Waals surface area (Å²) in [5.74, 6) is -1.05. The quantitative estimate of drug-likeness (QED) is 0.261. The van der Waals surface area contributed by atoms with Crippen LogP contribution in [-0.4, -0.2) is 98.7 Å². The molecule has 4 atom stereocenters. The number of benzene rings is 2. The molecule has 12 nitrogen and oxygen atoms in total. The van der Waals surface area contributed by atoms with Crippen LogP contribution in [0.15, 0.2) is 48.5 Å². The van der Waals surface area contributed by atoms with Gasteiger partial charge in [0.1, 0.15) is 23.4 Å². The van der Waals surface area contributed by atoms with Gasteiger partial charge in [0.2, 0.25) is 17.7 Å². The van der Waals surface area contributed by atoms with Crippen LogP contribution in [0.2, 0.25) is 0 Å². The molecule has 2 aromatic carbocycles. The van der Waals surface area contributed by atoms with Gasteiger partial charge in [0.25, 0.3) is 0 Å². The minimum Gasteiger partial charge on any atom is -0.497 e. The standard InChI is InChI=1S/C32H39N5O7/c1-21(34-28(38)19-37-12-14-43-15-13-37)30(40)36-27(17-23-8-10-25(42-3)11-9-23)31(41)35-26(29(39)32(2)20-44-32)16-22-4-6-24(18-33)7-5-22/h4-11,21,26-27H,12-17,19-20H2,1-3H3,(H,34,38)(H,35,41)(H,36,40)/t21-,26-,27-,32+/m0/s1. The molecule has 0 aromatic heterocycles. The lowest BCUT2D eigenvalue weighted by atomic mass is 9.94. The number of hydrogen-bond acceptors (Lipinski definition) is 9. The van der Waals surface area contributed by atoms with Crippen LogP contribution in [0, 0.1) is 11.3 Å². The number of nitrogens with one attached hydrogen (secondary N) is 3. The summed E-state index contributed by atoms with van der Waals surface area (Å²) < 4.78 is 15.9. The Bertz CT molecular complexity index is 1360. The lowest BCUT2D eigenvalue weighted by Crippen LogP contribution is -2.57. The van der Waals surface area contributed by atoms with Crippen molar-refractivity contribution in [3.05, 3.63) is 65.2 Å². The zero-order chi connectivity index (χ0) is 31.7. The normalized spacial score (nSPS) is 19.9. The molecule has 3 N–H and O–H groups in total. The molecule has 2 saturated heterocycles. The molecule has 2 fully saturated rings. The number of rotatable bonds is 14. The molecule has 234 valence electrons. The number of nitriles is 1. The topological polar surface area (TPSA) is 162 Å². The van der Waals surface area contributed by atoms with Gasteiger partial charge in [-0.25, -0.2) is 0 Å². The first kappa shape index (κ1) is 32.6. The van der Waals surface area contributed by atoms with E-state index in [1.165, 1.54) is 0 Å². The third kappa shape index (κ3) is 9.09. The number of carbonyl (C=O) groups is 4. The highest BCUT2D eigenvalue weighted by Gasteiger charge is 2.50. The largest absolute Gasteiger partial charge is 0.497 e. The summed E-state index contributed by atoms with van der Waals surface area (Å²) >= 11 is 0. The first-order chi connectivity index (χ1) is 21.1. The van der Waals surface area contributed by atoms with Gasteiger partial charge in [0.15, 0.2) is 5.78 Å². The molecule has 4 rings (SSSR count). The van der Waals surface area contributed by atoms with Gasteiger partial charge in [-0.3, -0.25) is 24.1 Å². The van der Waals surface area contributed by atoms with Crippen LogP contribution in [-0.2, 0) is 41.5 Å². The van der Waals surface area contributed by atoms with Crippen molar-refractivity contribution in [2.24, 2.45) is 0 Å². The smallest absolute Gasteiger partial charge is 0.243 e. The van der Waals surface area contributed by atoms with E-state index in [1.807, 2.05) is 4.90 Å². The molecule has 2 aliphatic heterocycles. The highest BCUT2D eigenvalue weighted by Crippen LogP contribution is 2.29. The number of ketones is 1. The molecule has 2 heterocycles. The molecule has 0 saturated carbocycles. The molecular formula is C32H39N5O7. The van der Waals surface area contributed by atoms with Crippen molar-refractivity contribution >= 4 is 23.5 Å². The van der Waals surface area contributed by atoms with Crippen LogP contribution in [0.3, 0.4) is 0 Å². The Morgan fingerprint density at radius 1 is 0.932 bits per heavy atom. The van der Waals surface area contributed by atoms with E-state index < -0.39 is 35.5 Å². The van der Waals surface area contributed by atoms with Crippen LogP contribution < -0.4 is 20.7 Å². The summed E-state index contributed by atoms with van der Waals surface area (Å²) in [5, 5.41) is 17.4. The monoisotopic (exact) mass is 605 g/mol. The molecule has 44 heavy (non-hydrogen) atoms. The van der Waals surface area contributed by atoms with Crippen molar-refractivity contribution in [3.63, 3.8) is 0 Å². The number of methoxy groups -OCH3 is 1. The minimum absolute atomic E-state index is 0.127. The molecule has 3 amide bonds. The average Bonchev–Trinajstić information content (AvgIpc) is 3.79. The third-order valence-electron chi connectivity index (χ3n) is 7.73. The van der Waals surface area contributed by atoms with Crippen molar-refractivity contribution in [2.75, 3.05) is 46.6 Å². The van der Waals surface area contributed by atoms with Crippen LogP contribution in [0.5, 0.6) is 5.75 Å². The number of ether oxygens (including phenoxy) is 3. The van der Waals surface area contributed by atoms with Gasteiger partial charge in [-0.2, -0.15) is 5.26 Å². The Morgan fingerprint density at radius 3 is 2.07 bits per heavy atom. The van der Waals surface area contributed by atoms with Crippen LogP contribution in [0.25, 0.3) is 0 Å². The van der Waals surface area contributed by atoms with Gasteiger partial charge in [0, 0.05) is 19.5 Å². The van der Waals surface area contributed by atoms with E-state index in [-0.39, 0.29) is 37.7 Å². The highest BCUT2D eigenvalue weighted by atomic mass is 16.6. The SMILES string of the molecule is COc1ccc(C[C@H](NC(=O)[C@H](C)NC(=O)CN2CCOCC2)C(=O)N[C@@H](Cc2ccc(C#N)cc2)C(=O)[C@@]2(C)CO2)cc1. The maximum atomic E-state index is 13.8. The first-order valence-electron chi connectivity index (χ1n) is 14.6. The summed E-state index contributed by atoms with van der Waals surface area (Å²) in [6.07, 6.45) is 0.300. The Morgan fingerprint density at radius 2 is 1.50 bits per heavy atom. The average molecular weight is 606 g/mol. The van der Waals surface area contributed by atoms with Crippen LogP contribution in [0.1, 0.15) is 30.5 Å². The Kier molecular flexibility index (Phi) is 11.1. The molecule has 2 aromatic rings. The highest BCUT2D eigenvalue weighted by molar-refractivity contribution is 5.98. The maximum Gasteiger partial charge on any atom is 0.243 e. The molecule has 0 aliphatic carbocycles. The molecule has 2 aliphatic rings. The zero-order valence-corrected chi connectivity index (χ0v) is 25.3. The molecule has 0 unspecified atom stereocenters. The van der Waals surface area contributed by atoms with Gasteiger partial charge in [-0.1, -0.05) is 24.3 Å². The van der Waals surface area contributed by atoms with Gasteiger partial charge in [-0.05, 0) is 55.7 Å². The second kappa shape index (κ2) is 14.9. The molecule has 0 spiro atoms. The number of carbonyl (C=O) groups excluding carboxylic acids is 4. The van der Waals surface area contributed by atoms with Crippen molar-refractivity contribution in [2.45, 2.75) is 50.4 Å². The van der Waals surface area contributed by atoms with Gasteiger partial charge in [-0.15, -0.1) is 0 Å². The van der Waals surface area contributed by atoms with Crippen molar-refractivity contribution in [1.29, 1.82) is 5.26 Å². The number of morpholine rings is 1. The van der Waals surface area contributed by atoms with Gasteiger partial charge >= 0.3 is 0 Å². The summed E-state index contributed by atoms with van der Waals surface area (Å²) in [4.78, 5) is 55.0. The van der Waals surface area contributed by atoms with E-state index in [0.29, 0.717) is 37.6 Å². The first-order valence-corrected chi connectivity index (χ1v) is 14.6. The summed E-state index contributed by atoms with van der Waals surface area (Å²) in [6, 6.07) is 13.0. The Balaban J connectivity index is 1.48. The van der Waals surface area contributed by atoms with Crippen LogP contribution in [0.4, 0.5) is 0 Å².